The van der Waals surface area contributed by atoms with Crippen LogP contribution in [0.3, 0.4) is 0 Å². The van der Waals surface area contributed by atoms with E-state index in [-0.39, 0.29) is 0 Å². The number of anilines is 1. The third-order valence-corrected chi connectivity index (χ3v) is 5.63. The topological polar surface area (TPSA) is 35.7 Å². The summed E-state index contributed by atoms with van der Waals surface area (Å²) in [5.41, 5.74) is 8.08. The molecule has 0 amide bonds. The van der Waals surface area contributed by atoms with Crippen LogP contribution in [0.25, 0.3) is 0 Å². The summed E-state index contributed by atoms with van der Waals surface area (Å²) in [4.78, 5) is 7.87. The van der Waals surface area contributed by atoms with Gasteiger partial charge < -0.3 is 5.73 Å². The Balaban J connectivity index is 1.40. The highest BCUT2D eigenvalue weighted by Gasteiger charge is 2.27. The van der Waals surface area contributed by atoms with Crippen molar-refractivity contribution in [1.82, 2.24) is 14.7 Å². The van der Waals surface area contributed by atoms with Crippen LogP contribution in [0.1, 0.15) is 32.3 Å². The maximum absolute atomic E-state index is 5.88. The zero-order valence-electron chi connectivity index (χ0n) is 14.7. The first-order chi connectivity index (χ1) is 11.1. The summed E-state index contributed by atoms with van der Waals surface area (Å²) in [6, 6.07) is 9.84. The molecular weight excluding hydrogens is 284 g/mol. The molecule has 0 saturated carbocycles. The molecule has 0 aliphatic carbocycles. The minimum Gasteiger partial charge on any atom is -0.399 e. The van der Waals surface area contributed by atoms with E-state index in [0.717, 1.165) is 24.3 Å². The lowest BCUT2D eigenvalue weighted by molar-refractivity contribution is 0.106. The fraction of sp³-hybridized carbons (Fsp3) is 0.684. The summed E-state index contributed by atoms with van der Waals surface area (Å²) in [5.74, 6) is 0. The number of nitrogen functional groups attached to an aromatic ring is 1. The molecule has 2 N–H and O–H groups in total. The Labute approximate surface area is 141 Å². The molecular formula is C19H32N4. The van der Waals surface area contributed by atoms with Gasteiger partial charge in [0.25, 0.3) is 0 Å². The van der Waals surface area contributed by atoms with Crippen molar-refractivity contribution < 1.29 is 0 Å². The van der Waals surface area contributed by atoms with Crippen molar-refractivity contribution in [2.75, 3.05) is 45.0 Å². The number of hydrogen-bond acceptors (Lipinski definition) is 4. The Morgan fingerprint density at radius 1 is 0.957 bits per heavy atom. The van der Waals surface area contributed by atoms with Crippen LogP contribution in [0, 0.1) is 0 Å². The summed E-state index contributed by atoms with van der Waals surface area (Å²) in [5, 5.41) is 0. The van der Waals surface area contributed by atoms with Crippen molar-refractivity contribution in [1.29, 1.82) is 0 Å². The van der Waals surface area contributed by atoms with Gasteiger partial charge in [-0.1, -0.05) is 12.1 Å². The first kappa shape index (κ1) is 16.7. The van der Waals surface area contributed by atoms with Gasteiger partial charge >= 0.3 is 0 Å². The van der Waals surface area contributed by atoms with Crippen molar-refractivity contribution >= 4 is 5.69 Å². The van der Waals surface area contributed by atoms with Crippen LogP contribution in [0.2, 0.25) is 0 Å². The Morgan fingerprint density at radius 3 is 2.26 bits per heavy atom. The molecule has 2 fully saturated rings. The van der Waals surface area contributed by atoms with Crippen LogP contribution in [-0.2, 0) is 6.54 Å². The van der Waals surface area contributed by atoms with Gasteiger partial charge in [-0.2, -0.15) is 0 Å². The smallest absolute Gasteiger partial charge is 0.0317 e. The SMILES string of the molecule is CC1CCC(C)N1CCN1CCN(Cc2cccc(N)c2)CC1. The van der Waals surface area contributed by atoms with Gasteiger partial charge in [-0.05, 0) is 44.4 Å². The minimum absolute atomic E-state index is 0.773. The van der Waals surface area contributed by atoms with Gasteiger partial charge in [0.15, 0.2) is 0 Å². The molecule has 0 spiro atoms. The van der Waals surface area contributed by atoms with E-state index >= 15 is 0 Å². The lowest BCUT2D eigenvalue weighted by atomic mass is 10.2. The molecule has 3 rings (SSSR count). The van der Waals surface area contributed by atoms with E-state index < -0.39 is 0 Å². The number of rotatable bonds is 5. The van der Waals surface area contributed by atoms with E-state index in [0.29, 0.717) is 0 Å². The number of piperazine rings is 1. The Hall–Kier alpha value is -1.10. The van der Waals surface area contributed by atoms with Crippen LogP contribution in [0.15, 0.2) is 24.3 Å². The Morgan fingerprint density at radius 2 is 1.61 bits per heavy atom. The second kappa shape index (κ2) is 7.65. The molecule has 0 bridgehead atoms. The standard InChI is InChI=1S/C19H32N4/c1-16-6-7-17(2)23(16)13-12-21-8-10-22(11-9-21)15-18-4-3-5-19(20)14-18/h3-5,14,16-17H,6-13,15,20H2,1-2H3. The van der Waals surface area contributed by atoms with E-state index in [1.54, 1.807) is 0 Å². The predicted molar refractivity (Wildman–Crippen MR) is 97.4 cm³/mol. The van der Waals surface area contributed by atoms with Crippen molar-refractivity contribution in [3.05, 3.63) is 29.8 Å². The largest absolute Gasteiger partial charge is 0.399 e. The van der Waals surface area contributed by atoms with E-state index in [2.05, 4.69) is 46.7 Å². The molecule has 2 aliphatic heterocycles. The van der Waals surface area contributed by atoms with Crippen LogP contribution in [0.5, 0.6) is 0 Å². The summed E-state index contributed by atoms with van der Waals surface area (Å²) in [6.07, 6.45) is 2.74. The Bertz CT molecular complexity index is 486. The molecule has 4 heteroatoms. The predicted octanol–water partition coefficient (Wildman–Crippen LogP) is 2.26. The zero-order valence-corrected chi connectivity index (χ0v) is 14.7. The first-order valence-corrected chi connectivity index (χ1v) is 9.16. The maximum Gasteiger partial charge on any atom is 0.0317 e. The lowest BCUT2D eigenvalue weighted by Gasteiger charge is -2.36. The lowest BCUT2D eigenvalue weighted by Crippen LogP contribution is -2.48. The third-order valence-electron chi connectivity index (χ3n) is 5.63. The molecule has 128 valence electrons. The number of nitrogens with two attached hydrogens (primary N) is 1. The number of nitrogens with zero attached hydrogens (tertiary/aromatic N) is 3. The second-order valence-corrected chi connectivity index (χ2v) is 7.38. The highest BCUT2D eigenvalue weighted by atomic mass is 15.3. The van der Waals surface area contributed by atoms with Gasteiger partial charge in [0, 0.05) is 63.6 Å². The first-order valence-electron chi connectivity index (χ1n) is 9.16. The highest BCUT2D eigenvalue weighted by molar-refractivity contribution is 5.40. The molecule has 23 heavy (non-hydrogen) atoms. The number of benzene rings is 1. The molecule has 4 nitrogen and oxygen atoms in total. The van der Waals surface area contributed by atoms with E-state index in [9.17, 15) is 0 Å². The summed E-state index contributed by atoms with van der Waals surface area (Å²) in [7, 11) is 0. The molecule has 0 aromatic heterocycles. The van der Waals surface area contributed by atoms with Crippen LogP contribution >= 0.6 is 0 Å². The molecule has 0 radical (unpaired) electrons. The van der Waals surface area contributed by atoms with Crippen molar-refractivity contribution in [3.63, 3.8) is 0 Å². The van der Waals surface area contributed by atoms with Gasteiger partial charge in [-0.3, -0.25) is 14.7 Å². The third kappa shape index (κ3) is 4.46. The number of likely N-dealkylation sites (tertiary alicyclic amines) is 1. The zero-order chi connectivity index (χ0) is 16.2. The minimum atomic E-state index is 0.773. The summed E-state index contributed by atoms with van der Waals surface area (Å²) in [6.45, 7) is 13.0. The quantitative estimate of drug-likeness (QED) is 0.845. The van der Waals surface area contributed by atoms with E-state index in [1.165, 1.54) is 57.7 Å². The van der Waals surface area contributed by atoms with Crippen LogP contribution in [0.4, 0.5) is 5.69 Å². The maximum atomic E-state index is 5.88. The van der Waals surface area contributed by atoms with Crippen molar-refractivity contribution in [2.24, 2.45) is 0 Å². The molecule has 1 aromatic rings. The Kier molecular flexibility index (Phi) is 5.57. The average molecular weight is 316 g/mol. The summed E-state index contributed by atoms with van der Waals surface area (Å²) >= 11 is 0. The molecule has 1 aromatic carbocycles. The van der Waals surface area contributed by atoms with Crippen molar-refractivity contribution in [3.8, 4) is 0 Å². The van der Waals surface area contributed by atoms with Crippen LogP contribution < -0.4 is 5.73 Å². The van der Waals surface area contributed by atoms with E-state index in [1.807, 2.05) is 6.07 Å². The van der Waals surface area contributed by atoms with Gasteiger partial charge in [0.1, 0.15) is 0 Å². The monoisotopic (exact) mass is 316 g/mol. The van der Waals surface area contributed by atoms with Gasteiger partial charge in [0.05, 0.1) is 0 Å². The van der Waals surface area contributed by atoms with Gasteiger partial charge in [-0.25, -0.2) is 0 Å². The van der Waals surface area contributed by atoms with Gasteiger partial charge in [0.2, 0.25) is 0 Å². The highest BCUT2D eigenvalue weighted by Crippen LogP contribution is 2.23. The molecule has 2 aliphatic rings. The molecule has 2 heterocycles. The molecule has 2 unspecified atom stereocenters. The molecule has 2 saturated heterocycles. The fourth-order valence-corrected chi connectivity index (χ4v) is 4.07. The van der Waals surface area contributed by atoms with Crippen LogP contribution in [-0.4, -0.2) is 66.1 Å². The van der Waals surface area contributed by atoms with E-state index in [4.69, 9.17) is 5.73 Å². The summed E-state index contributed by atoms with van der Waals surface area (Å²) < 4.78 is 0. The average Bonchev–Trinajstić information content (AvgIpc) is 2.85. The van der Waals surface area contributed by atoms with Gasteiger partial charge in [-0.15, -0.1) is 0 Å². The second-order valence-electron chi connectivity index (χ2n) is 7.38. The normalized spacial score (nSPS) is 27.6. The van der Waals surface area contributed by atoms with Crippen molar-refractivity contribution in [2.45, 2.75) is 45.3 Å². The molecule has 2 atom stereocenters. The fourth-order valence-electron chi connectivity index (χ4n) is 4.07. The number of hydrogen-bond donors (Lipinski definition) is 1.